The van der Waals surface area contributed by atoms with Crippen molar-refractivity contribution in [3.8, 4) is 0 Å². The Kier molecular flexibility index (Phi) is 6.95. The highest BCUT2D eigenvalue weighted by atomic mass is 19.4. The van der Waals surface area contributed by atoms with Crippen molar-refractivity contribution in [2.75, 3.05) is 18.4 Å². The predicted octanol–water partition coefficient (Wildman–Crippen LogP) is 5.75. The average molecular weight is 485 g/mol. The first-order valence-electron chi connectivity index (χ1n) is 11.6. The third-order valence-corrected chi connectivity index (χ3v) is 6.22. The van der Waals surface area contributed by atoms with Crippen LogP contribution in [0, 0.1) is 6.92 Å². The van der Waals surface area contributed by atoms with Gasteiger partial charge in [0.2, 0.25) is 11.9 Å². The third-order valence-electron chi connectivity index (χ3n) is 6.22. The van der Waals surface area contributed by atoms with Crippen molar-refractivity contribution >= 4 is 28.8 Å². The number of hydrogen-bond donors (Lipinski definition) is 1. The molecule has 1 aromatic heterocycles. The van der Waals surface area contributed by atoms with E-state index in [1.807, 2.05) is 29.7 Å². The van der Waals surface area contributed by atoms with Crippen LogP contribution in [-0.2, 0) is 11.0 Å². The van der Waals surface area contributed by atoms with Crippen LogP contribution in [0.5, 0.6) is 0 Å². The number of likely N-dealkylation sites (tertiary alicyclic amines) is 1. The van der Waals surface area contributed by atoms with Crippen LogP contribution in [0.2, 0.25) is 0 Å². The monoisotopic (exact) mass is 484 g/mol. The normalized spacial score (nSPS) is 17.1. The maximum atomic E-state index is 13.2. The van der Waals surface area contributed by atoms with E-state index in [9.17, 15) is 22.8 Å². The van der Waals surface area contributed by atoms with Crippen molar-refractivity contribution in [2.24, 2.45) is 0 Å². The summed E-state index contributed by atoms with van der Waals surface area (Å²) in [4.78, 5) is 32.0. The molecule has 2 heterocycles. The van der Waals surface area contributed by atoms with Crippen LogP contribution in [0.25, 0.3) is 11.0 Å². The zero-order valence-corrected chi connectivity index (χ0v) is 19.6. The fourth-order valence-electron chi connectivity index (χ4n) is 4.55. The minimum absolute atomic E-state index is 0.0740. The number of imidazole rings is 1. The minimum Gasteiger partial charge on any atom is -0.337 e. The number of benzene rings is 2. The van der Waals surface area contributed by atoms with Crippen molar-refractivity contribution in [1.82, 2.24) is 14.5 Å². The molecule has 1 aliphatic rings. The van der Waals surface area contributed by atoms with Crippen LogP contribution >= 0.6 is 0 Å². The summed E-state index contributed by atoms with van der Waals surface area (Å²) in [7, 11) is 0. The van der Waals surface area contributed by atoms with Gasteiger partial charge < -0.3 is 9.47 Å². The number of hydrogen-bond acceptors (Lipinski definition) is 3. The maximum absolute atomic E-state index is 13.2. The smallest absolute Gasteiger partial charge is 0.337 e. The highest BCUT2D eigenvalue weighted by molar-refractivity contribution is 6.04. The number of nitrogens with one attached hydrogen (secondary N) is 1. The molecule has 1 fully saturated rings. The van der Waals surface area contributed by atoms with Crippen molar-refractivity contribution in [2.45, 2.75) is 45.3 Å². The number of alkyl halides is 3. The fraction of sp³-hybridized carbons (Fsp3) is 0.346. The molecule has 6 nitrogen and oxygen atoms in total. The van der Waals surface area contributed by atoms with E-state index in [0.717, 1.165) is 42.5 Å². The number of anilines is 1. The van der Waals surface area contributed by atoms with Gasteiger partial charge in [-0.3, -0.25) is 14.9 Å². The fourth-order valence-corrected chi connectivity index (χ4v) is 4.55. The van der Waals surface area contributed by atoms with Gasteiger partial charge >= 0.3 is 6.18 Å². The average Bonchev–Trinajstić information content (AvgIpc) is 3.01. The third kappa shape index (κ3) is 5.23. The maximum Gasteiger partial charge on any atom is 0.416 e. The molecular formula is C26H27F3N4O2. The molecule has 0 radical (unpaired) electrons. The number of carbonyl (C=O) groups excluding carboxylic acids is 2. The van der Waals surface area contributed by atoms with Crippen molar-refractivity contribution in [3.05, 3.63) is 71.3 Å². The second-order valence-corrected chi connectivity index (χ2v) is 8.71. The quantitative estimate of drug-likeness (QED) is 0.480. The summed E-state index contributed by atoms with van der Waals surface area (Å²) >= 11 is 0. The highest BCUT2D eigenvalue weighted by Gasteiger charge is 2.31. The summed E-state index contributed by atoms with van der Waals surface area (Å²) in [5.74, 6) is -0.502. The molecule has 0 bridgehead atoms. The Morgan fingerprint density at radius 2 is 1.91 bits per heavy atom. The van der Waals surface area contributed by atoms with E-state index in [4.69, 9.17) is 0 Å². The number of aryl methyl sites for hydroxylation is 1. The summed E-state index contributed by atoms with van der Waals surface area (Å²) in [6.07, 6.45) is 1.21. The summed E-state index contributed by atoms with van der Waals surface area (Å²) < 4.78 is 41.4. The number of rotatable bonds is 4. The number of amides is 2. The Bertz CT molecular complexity index is 1280. The van der Waals surface area contributed by atoms with Gasteiger partial charge in [-0.15, -0.1) is 0 Å². The van der Waals surface area contributed by atoms with Gasteiger partial charge in [-0.05, 0) is 69.0 Å². The lowest BCUT2D eigenvalue weighted by molar-refractivity contribution is -0.137. The van der Waals surface area contributed by atoms with Gasteiger partial charge in [0.1, 0.15) is 0 Å². The zero-order chi connectivity index (χ0) is 25.2. The largest absolute Gasteiger partial charge is 0.416 e. The lowest BCUT2D eigenvalue weighted by Crippen LogP contribution is -2.34. The van der Waals surface area contributed by atoms with Crippen LogP contribution in [0.4, 0.5) is 19.1 Å². The number of para-hydroxylation sites is 1. The Labute approximate surface area is 201 Å². The summed E-state index contributed by atoms with van der Waals surface area (Å²) in [5, 5.41) is 2.74. The van der Waals surface area contributed by atoms with Gasteiger partial charge in [-0.2, -0.15) is 13.2 Å². The molecule has 9 heteroatoms. The Hall–Kier alpha value is -3.62. The van der Waals surface area contributed by atoms with Crippen molar-refractivity contribution in [1.29, 1.82) is 0 Å². The lowest BCUT2D eigenvalue weighted by Gasteiger charge is -2.26. The van der Waals surface area contributed by atoms with Gasteiger partial charge in [-0.25, -0.2) is 4.98 Å². The van der Waals surface area contributed by atoms with E-state index >= 15 is 0 Å². The number of aromatic nitrogens is 2. The first-order chi connectivity index (χ1) is 16.7. The molecule has 1 atom stereocenters. The first kappa shape index (κ1) is 24.5. The lowest BCUT2D eigenvalue weighted by atomic mass is 10.1. The van der Waals surface area contributed by atoms with Gasteiger partial charge in [0.05, 0.1) is 22.6 Å². The molecule has 2 aromatic carbocycles. The molecule has 0 saturated carbocycles. The molecule has 4 rings (SSSR count). The summed E-state index contributed by atoms with van der Waals surface area (Å²) in [6, 6.07) is 9.79. The Morgan fingerprint density at radius 1 is 1.14 bits per heavy atom. The van der Waals surface area contributed by atoms with Crippen LogP contribution in [0.3, 0.4) is 0 Å². The van der Waals surface area contributed by atoms with Crippen molar-refractivity contribution in [3.63, 3.8) is 0 Å². The number of allylic oxidation sites excluding steroid dienone is 1. The SMILES string of the molecule is C/C=C/C(=O)N1CCCCC(n2c(NC(=O)c3cccc(C(F)(F)F)c3)nc3cccc(C)c32)C1. The van der Waals surface area contributed by atoms with Gasteiger partial charge in [0.15, 0.2) is 0 Å². The topological polar surface area (TPSA) is 67.2 Å². The van der Waals surface area contributed by atoms with Crippen molar-refractivity contribution < 1.29 is 22.8 Å². The highest BCUT2D eigenvalue weighted by Crippen LogP contribution is 2.33. The predicted molar refractivity (Wildman–Crippen MR) is 128 cm³/mol. The van der Waals surface area contributed by atoms with E-state index in [0.29, 0.717) is 18.6 Å². The summed E-state index contributed by atoms with van der Waals surface area (Å²) in [5.41, 5.74) is 1.44. The molecule has 1 aliphatic heterocycles. The second-order valence-electron chi connectivity index (χ2n) is 8.71. The molecule has 0 aliphatic carbocycles. The molecular weight excluding hydrogens is 457 g/mol. The molecule has 184 valence electrons. The van der Waals surface area contributed by atoms with Gasteiger partial charge in [-0.1, -0.05) is 24.3 Å². The zero-order valence-electron chi connectivity index (χ0n) is 19.6. The van der Waals surface area contributed by atoms with Crippen LogP contribution in [-0.4, -0.2) is 39.4 Å². The van der Waals surface area contributed by atoms with E-state index < -0.39 is 17.6 Å². The molecule has 3 aromatic rings. The number of carbonyl (C=O) groups is 2. The summed E-state index contributed by atoms with van der Waals surface area (Å²) in [6.45, 7) is 4.81. The molecule has 1 saturated heterocycles. The van der Waals surface area contributed by atoms with Gasteiger partial charge in [0.25, 0.3) is 5.91 Å². The molecule has 1 unspecified atom stereocenters. The van der Waals surface area contributed by atoms with E-state index in [1.54, 1.807) is 17.9 Å². The second kappa shape index (κ2) is 9.93. The van der Waals surface area contributed by atoms with Crippen LogP contribution in [0.15, 0.2) is 54.6 Å². The Morgan fingerprint density at radius 3 is 2.66 bits per heavy atom. The minimum atomic E-state index is -4.55. The van der Waals surface area contributed by atoms with E-state index in [2.05, 4.69) is 10.3 Å². The number of fused-ring (bicyclic) bond motifs is 1. The standard InChI is InChI=1S/C26H27F3N4O2/c1-3-8-22(34)32-14-5-4-12-20(16-32)33-23-17(2)9-6-13-21(23)30-25(33)31-24(35)18-10-7-11-19(15-18)26(27,28)29/h3,6-11,13,15,20H,4-5,12,14,16H2,1-2H3,(H,30,31,35)/b8-3+. The van der Waals surface area contributed by atoms with Gasteiger partial charge in [0, 0.05) is 18.7 Å². The van der Waals surface area contributed by atoms with Crippen LogP contribution in [0.1, 0.15) is 53.7 Å². The Balaban J connectivity index is 1.74. The molecule has 35 heavy (non-hydrogen) atoms. The van der Waals surface area contributed by atoms with Crippen LogP contribution < -0.4 is 5.32 Å². The number of nitrogens with zero attached hydrogens (tertiary/aromatic N) is 3. The molecule has 0 spiro atoms. The van der Waals surface area contributed by atoms with E-state index in [1.165, 1.54) is 18.2 Å². The molecule has 1 N–H and O–H groups in total. The number of halogens is 3. The van der Waals surface area contributed by atoms with E-state index in [-0.39, 0.29) is 23.5 Å². The first-order valence-corrected chi connectivity index (χ1v) is 11.6. The molecule has 2 amide bonds.